The summed E-state index contributed by atoms with van der Waals surface area (Å²) in [6, 6.07) is 13.2. The molecule has 6 nitrogen and oxygen atoms in total. The van der Waals surface area contributed by atoms with Crippen molar-refractivity contribution in [1.29, 1.82) is 0 Å². The normalized spacial score (nSPS) is 11.0. The van der Waals surface area contributed by atoms with Crippen molar-refractivity contribution in [1.82, 2.24) is 14.7 Å². The van der Waals surface area contributed by atoms with Crippen molar-refractivity contribution in [2.24, 2.45) is 0 Å². The molecule has 2 aromatic carbocycles. The molecular formula is C20H19F2N3O3. The lowest BCUT2D eigenvalue weighted by Crippen LogP contribution is -2.35. The third-order valence-electron chi connectivity index (χ3n) is 4.33. The first-order valence-corrected chi connectivity index (χ1v) is 8.59. The summed E-state index contributed by atoms with van der Waals surface area (Å²) in [4.78, 5) is 26.6. The van der Waals surface area contributed by atoms with E-state index in [4.69, 9.17) is 0 Å². The minimum Gasteiger partial charge on any atom is -0.435 e. The Morgan fingerprint density at radius 3 is 2.43 bits per heavy atom. The summed E-state index contributed by atoms with van der Waals surface area (Å²) in [6.45, 7) is -1.02. The fraction of sp³-hybridized carbons (Fsp3) is 0.250. The second-order valence-corrected chi connectivity index (χ2v) is 6.37. The number of rotatable bonds is 6. The smallest absolute Gasteiger partial charge is 0.387 e. The molecule has 0 fully saturated rings. The molecule has 0 aliphatic rings. The Balaban J connectivity index is 1.72. The molecule has 0 unspecified atom stereocenters. The summed E-state index contributed by atoms with van der Waals surface area (Å²) in [6.07, 6.45) is 0. The number of carbonyl (C=O) groups is 1. The molecule has 0 atom stereocenters. The highest BCUT2D eigenvalue weighted by atomic mass is 19.3. The van der Waals surface area contributed by atoms with Crippen LogP contribution in [0.25, 0.3) is 10.8 Å². The minimum atomic E-state index is -2.88. The van der Waals surface area contributed by atoms with Crippen molar-refractivity contribution in [2.75, 3.05) is 7.05 Å². The van der Waals surface area contributed by atoms with Gasteiger partial charge >= 0.3 is 6.61 Å². The van der Waals surface area contributed by atoms with Gasteiger partial charge in [0.15, 0.2) is 0 Å². The van der Waals surface area contributed by atoms with Gasteiger partial charge in [0.2, 0.25) is 5.91 Å². The number of ether oxygens (including phenoxy) is 1. The Labute approximate surface area is 160 Å². The molecule has 8 heteroatoms. The number of aryl methyl sites for hydroxylation is 1. The predicted octanol–water partition coefficient (Wildman–Crippen LogP) is 2.96. The number of hydrogen-bond donors (Lipinski definition) is 0. The first-order chi connectivity index (χ1) is 13.3. The van der Waals surface area contributed by atoms with Crippen LogP contribution >= 0.6 is 0 Å². The summed E-state index contributed by atoms with van der Waals surface area (Å²) >= 11 is 0. The van der Waals surface area contributed by atoms with E-state index in [2.05, 4.69) is 9.84 Å². The molecule has 0 aliphatic carbocycles. The zero-order valence-electron chi connectivity index (χ0n) is 15.4. The largest absolute Gasteiger partial charge is 0.435 e. The zero-order chi connectivity index (χ0) is 20.3. The van der Waals surface area contributed by atoms with Gasteiger partial charge in [-0.2, -0.15) is 13.9 Å². The second kappa shape index (κ2) is 8.16. The summed E-state index contributed by atoms with van der Waals surface area (Å²) in [5, 5.41) is 5.51. The number of carbonyl (C=O) groups excluding carboxylic acids is 1. The van der Waals surface area contributed by atoms with Crippen LogP contribution in [0.3, 0.4) is 0 Å². The summed E-state index contributed by atoms with van der Waals surface area (Å²) < 4.78 is 29.8. The summed E-state index contributed by atoms with van der Waals surface area (Å²) in [5.74, 6) is -0.243. The molecule has 3 rings (SSSR count). The highest BCUT2D eigenvalue weighted by Gasteiger charge is 2.14. The van der Waals surface area contributed by atoms with Crippen LogP contribution in [0.2, 0.25) is 0 Å². The molecule has 0 spiro atoms. The first kappa shape index (κ1) is 19.5. The number of likely N-dealkylation sites (N-methyl/N-ethyl adjacent to an activating group) is 1. The van der Waals surface area contributed by atoms with Gasteiger partial charge in [0.25, 0.3) is 5.56 Å². The lowest BCUT2D eigenvalue weighted by molar-refractivity contribution is -0.131. The number of benzene rings is 2. The molecule has 0 N–H and O–H groups in total. The third kappa shape index (κ3) is 4.33. The van der Waals surface area contributed by atoms with E-state index >= 15 is 0 Å². The van der Waals surface area contributed by atoms with Gasteiger partial charge in [-0.3, -0.25) is 9.59 Å². The Bertz CT molecular complexity index is 1050. The van der Waals surface area contributed by atoms with Crippen LogP contribution < -0.4 is 10.3 Å². The number of amides is 1. The highest BCUT2D eigenvalue weighted by molar-refractivity contribution is 5.83. The monoisotopic (exact) mass is 387 g/mol. The Kier molecular flexibility index (Phi) is 5.67. The molecule has 1 heterocycles. The van der Waals surface area contributed by atoms with Crippen molar-refractivity contribution in [3.63, 3.8) is 0 Å². The lowest BCUT2D eigenvalue weighted by Gasteiger charge is -2.18. The van der Waals surface area contributed by atoms with Gasteiger partial charge in [0.05, 0.1) is 11.1 Å². The third-order valence-corrected chi connectivity index (χ3v) is 4.33. The van der Waals surface area contributed by atoms with Crippen LogP contribution in [0, 0.1) is 6.92 Å². The highest BCUT2D eigenvalue weighted by Crippen LogP contribution is 2.16. The average Bonchev–Trinajstić information content (AvgIpc) is 2.67. The van der Waals surface area contributed by atoms with E-state index in [1.54, 1.807) is 38.2 Å². The maximum Gasteiger partial charge on any atom is 0.387 e. The Hall–Kier alpha value is -3.29. The standard InChI is InChI=1S/C20H19F2N3O3/c1-13-16-5-3-4-6-17(16)19(27)25(23-13)12-18(26)24(2)11-14-7-9-15(10-8-14)28-20(21)22/h3-10,20H,11-12H2,1-2H3. The number of fused-ring (bicyclic) bond motifs is 1. The number of nitrogens with zero attached hydrogens (tertiary/aromatic N) is 3. The van der Waals surface area contributed by atoms with Crippen molar-refractivity contribution < 1.29 is 18.3 Å². The number of hydrogen-bond acceptors (Lipinski definition) is 4. The minimum absolute atomic E-state index is 0.0510. The maximum atomic E-state index is 12.6. The topological polar surface area (TPSA) is 64.4 Å². The van der Waals surface area contributed by atoms with Crippen LogP contribution in [0.5, 0.6) is 5.75 Å². The van der Waals surface area contributed by atoms with Crippen LogP contribution in [0.4, 0.5) is 8.78 Å². The second-order valence-electron chi connectivity index (χ2n) is 6.37. The molecule has 0 radical (unpaired) electrons. The summed E-state index contributed by atoms with van der Waals surface area (Å²) in [5.41, 5.74) is 1.09. The maximum absolute atomic E-state index is 12.6. The fourth-order valence-corrected chi connectivity index (χ4v) is 2.90. The molecule has 28 heavy (non-hydrogen) atoms. The van der Waals surface area contributed by atoms with E-state index in [0.717, 1.165) is 15.6 Å². The van der Waals surface area contributed by atoms with Crippen molar-refractivity contribution in [3.05, 3.63) is 70.1 Å². The van der Waals surface area contributed by atoms with Gasteiger partial charge in [-0.25, -0.2) is 4.68 Å². The van der Waals surface area contributed by atoms with Gasteiger partial charge in [-0.15, -0.1) is 0 Å². The van der Waals surface area contributed by atoms with Crippen LogP contribution in [0.15, 0.2) is 53.3 Å². The van der Waals surface area contributed by atoms with Crippen LogP contribution in [0.1, 0.15) is 11.3 Å². The van der Waals surface area contributed by atoms with Crippen molar-refractivity contribution in [3.8, 4) is 5.75 Å². The van der Waals surface area contributed by atoms with E-state index in [9.17, 15) is 18.4 Å². The Morgan fingerprint density at radius 2 is 1.79 bits per heavy atom. The number of aromatic nitrogens is 2. The number of halogens is 2. The zero-order valence-corrected chi connectivity index (χ0v) is 15.4. The van der Waals surface area contributed by atoms with Gasteiger partial charge in [-0.05, 0) is 30.7 Å². The van der Waals surface area contributed by atoms with E-state index in [-0.39, 0.29) is 30.3 Å². The van der Waals surface area contributed by atoms with E-state index in [1.165, 1.54) is 17.0 Å². The predicted molar refractivity (Wildman–Crippen MR) is 100 cm³/mol. The molecular weight excluding hydrogens is 368 g/mol. The molecule has 0 bridgehead atoms. The van der Waals surface area contributed by atoms with Gasteiger partial charge in [-0.1, -0.05) is 30.3 Å². The lowest BCUT2D eigenvalue weighted by atomic mass is 10.1. The van der Waals surface area contributed by atoms with E-state index in [0.29, 0.717) is 11.1 Å². The number of alkyl halides is 2. The first-order valence-electron chi connectivity index (χ1n) is 8.59. The van der Waals surface area contributed by atoms with Crippen molar-refractivity contribution >= 4 is 16.7 Å². The fourth-order valence-electron chi connectivity index (χ4n) is 2.90. The van der Waals surface area contributed by atoms with Gasteiger partial charge in [0.1, 0.15) is 12.3 Å². The van der Waals surface area contributed by atoms with Gasteiger partial charge < -0.3 is 9.64 Å². The van der Waals surface area contributed by atoms with Crippen LogP contribution in [-0.4, -0.2) is 34.2 Å². The Morgan fingerprint density at radius 1 is 1.14 bits per heavy atom. The molecule has 146 valence electrons. The molecule has 1 aromatic heterocycles. The average molecular weight is 387 g/mol. The summed E-state index contributed by atoms with van der Waals surface area (Å²) in [7, 11) is 1.60. The van der Waals surface area contributed by atoms with Crippen molar-refractivity contribution in [2.45, 2.75) is 26.6 Å². The molecule has 0 saturated heterocycles. The van der Waals surface area contributed by atoms with Crippen LogP contribution in [-0.2, 0) is 17.9 Å². The van der Waals surface area contributed by atoms with E-state index < -0.39 is 6.61 Å². The molecule has 1 amide bonds. The van der Waals surface area contributed by atoms with E-state index in [1.807, 2.05) is 12.1 Å². The van der Waals surface area contributed by atoms with Gasteiger partial charge in [0, 0.05) is 19.0 Å². The quantitative estimate of drug-likeness (QED) is 0.652. The molecule has 3 aromatic rings. The molecule has 0 aliphatic heterocycles. The SMILES string of the molecule is Cc1nn(CC(=O)N(C)Cc2ccc(OC(F)F)cc2)c(=O)c2ccccc12. The molecule has 0 saturated carbocycles.